The first kappa shape index (κ1) is 13.2. The Kier molecular flexibility index (Phi) is 4.93. The standard InChI is InChI=1S/C13H21NO2/c1-11(2)16-9-8-13(14,10-15)12-6-4-3-5-7-12/h3-7,11,15H,8-10,14H2,1-2H3. The predicted molar refractivity (Wildman–Crippen MR) is 65.1 cm³/mol. The maximum atomic E-state index is 9.42. The summed E-state index contributed by atoms with van der Waals surface area (Å²) in [7, 11) is 0. The molecule has 0 aliphatic carbocycles. The number of rotatable bonds is 6. The van der Waals surface area contributed by atoms with Crippen LogP contribution in [0.1, 0.15) is 25.8 Å². The lowest BCUT2D eigenvalue weighted by Gasteiger charge is -2.28. The number of ether oxygens (including phenoxy) is 1. The maximum Gasteiger partial charge on any atom is 0.0666 e. The Labute approximate surface area is 97.2 Å². The topological polar surface area (TPSA) is 55.5 Å². The molecule has 0 amide bonds. The van der Waals surface area contributed by atoms with Crippen LogP contribution in [-0.2, 0) is 10.3 Å². The summed E-state index contributed by atoms with van der Waals surface area (Å²) in [6.07, 6.45) is 0.810. The number of aliphatic hydroxyl groups excluding tert-OH is 1. The highest BCUT2D eigenvalue weighted by molar-refractivity contribution is 5.23. The van der Waals surface area contributed by atoms with Crippen molar-refractivity contribution in [2.75, 3.05) is 13.2 Å². The monoisotopic (exact) mass is 223 g/mol. The molecule has 0 bridgehead atoms. The fourth-order valence-electron chi connectivity index (χ4n) is 1.56. The Balaban J connectivity index is 2.63. The van der Waals surface area contributed by atoms with Crippen LogP contribution in [0.5, 0.6) is 0 Å². The summed E-state index contributed by atoms with van der Waals surface area (Å²) >= 11 is 0. The van der Waals surface area contributed by atoms with Crippen molar-refractivity contribution in [2.45, 2.75) is 31.9 Å². The summed E-state index contributed by atoms with van der Waals surface area (Å²) in [5.41, 5.74) is 6.43. The average Bonchev–Trinajstić information content (AvgIpc) is 2.29. The average molecular weight is 223 g/mol. The number of hydrogen-bond acceptors (Lipinski definition) is 3. The highest BCUT2D eigenvalue weighted by Crippen LogP contribution is 2.21. The highest BCUT2D eigenvalue weighted by Gasteiger charge is 2.25. The summed E-state index contributed by atoms with van der Waals surface area (Å²) in [4.78, 5) is 0. The van der Waals surface area contributed by atoms with Gasteiger partial charge in [0.25, 0.3) is 0 Å². The van der Waals surface area contributed by atoms with Gasteiger partial charge in [0, 0.05) is 6.61 Å². The zero-order valence-electron chi connectivity index (χ0n) is 10.0. The van der Waals surface area contributed by atoms with Crippen LogP contribution in [0.3, 0.4) is 0 Å². The summed E-state index contributed by atoms with van der Waals surface area (Å²) in [5, 5.41) is 9.42. The van der Waals surface area contributed by atoms with Crippen LogP contribution in [0.4, 0.5) is 0 Å². The Hall–Kier alpha value is -0.900. The predicted octanol–water partition coefficient (Wildman–Crippen LogP) is 1.65. The van der Waals surface area contributed by atoms with Crippen LogP contribution in [-0.4, -0.2) is 24.4 Å². The van der Waals surface area contributed by atoms with Crippen molar-refractivity contribution < 1.29 is 9.84 Å². The van der Waals surface area contributed by atoms with E-state index in [4.69, 9.17) is 10.5 Å². The molecule has 0 saturated heterocycles. The lowest BCUT2D eigenvalue weighted by atomic mass is 9.89. The van der Waals surface area contributed by atoms with Crippen LogP contribution in [0.15, 0.2) is 30.3 Å². The Morgan fingerprint density at radius 2 is 1.94 bits per heavy atom. The van der Waals surface area contributed by atoms with Crippen molar-refractivity contribution in [3.8, 4) is 0 Å². The van der Waals surface area contributed by atoms with Gasteiger partial charge in [-0.25, -0.2) is 0 Å². The van der Waals surface area contributed by atoms with Crippen molar-refractivity contribution in [3.63, 3.8) is 0 Å². The largest absolute Gasteiger partial charge is 0.394 e. The first-order valence-corrected chi connectivity index (χ1v) is 5.65. The fourth-order valence-corrected chi connectivity index (χ4v) is 1.56. The van der Waals surface area contributed by atoms with E-state index < -0.39 is 5.54 Å². The molecule has 0 aromatic heterocycles. The van der Waals surface area contributed by atoms with Gasteiger partial charge in [0.1, 0.15) is 0 Å². The van der Waals surface area contributed by atoms with Crippen molar-refractivity contribution in [1.29, 1.82) is 0 Å². The van der Waals surface area contributed by atoms with Crippen LogP contribution in [0.2, 0.25) is 0 Å². The molecule has 0 heterocycles. The smallest absolute Gasteiger partial charge is 0.0666 e. The van der Waals surface area contributed by atoms with E-state index in [9.17, 15) is 5.11 Å². The second-order valence-corrected chi connectivity index (χ2v) is 4.35. The molecule has 1 aromatic rings. The number of benzene rings is 1. The van der Waals surface area contributed by atoms with E-state index in [1.165, 1.54) is 0 Å². The molecule has 0 saturated carbocycles. The van der Waals surface area contributed by atoms with E-state index in [1.807, 2.05) is 44.2 Å². The molecular formula is C13H21NO2. The molecule has 0 aliphatic heterocycles. The van der Waals surface area contributed by atoms with Crippen LogP contribution >= 0.6 is 0 Å². The van der Waals surface area contributed by atoms with Crippen LogP contribution < -0.4 is 5.73 Å². The lowest BCUT2D eigenvalue weighted by Crippen LogP contribution is -2.41. The third-order valence-corrected chi connectivity index (χ3v) is 2.63. The third-order valence-electron chi connectivity index (χ3n) is 2.63. The summed E-state index contributed by atoms with van der Waals surface area (Å²) in [6, 6.07) is 9.66. The first-order valence-electron chi connectivity index (χ1n) is 5.65. The molecule has 16 heavy (non-hydrogen) atoms. The molecule has 0 radical (unpaired) electrons. The van der Waals surface area contributed by atoms with Crippen molar-refractivity contribution in [1.82, 2.24) is 0 Å². The molecule has 1 rings (SSSR count). The molecule has 0 fully saturated rings. The van der Waals surface area contributed by atoms with E-state index in [1.54, 1.807) is 0 Å². The number of nitrogens with two attached hydrogens (primary N) is 1. The van der Waals surface area contributed by atoms with Gasteiger partial charge in [0.05, 0.1) is 18.2 Å². The van der Waals surface area contributed by atoms with E-state index in [0.717, 1.165) is 5.56 Å². The van der Waals surface area contributed by atoms with Crippen LogP contribution in [0, 0.1) is 0 Å². The van der Waals surface area contributed by atoms with Crippen molar-refractivity contribution >= 4 is 0 Å². The Morgan fingerprint density at radius 1 is 1.31 bits per heavy atom. The number of hydrogen-bond donors (Lipinski definition) is 2. The van der Waals surface area contributed by atoms with Crippen molar-refractivity contribution in [2.24, 2.45) is 5.73 Å². The molecule has 1 unspecified atom stereocenters. The van der Waals surface area contributed by atoms with Crippen LogP contribution in [0.25, 0.3) is 0 Å². The van der Waals surface area contributed by atoms with Gasteiger partial charge in [-0.2, -0.15) is 0 Å². The lowest BCUT2D eigenvalue weighted by molar-refractivity contribution is 0.0541. The zero-order chi connectivity index (χ0) is 12.0. The normalized spacial score (nSPS) is 15.1. The minimum absolute atomic E-state index is 0.0710. The molecule has 3 heteroatoms. The summed E-state index contributed by atoms with van der Waals surface area (Å²) in [5.74, 6) is 0. The van der Waals surface area contributed by atoms with E-state index in [-0.39, 0.29) is 12.7 Å². The van der Waals surface area contributed by atoms with Gasteiger partial charge < -0.3 is 15.6 Å². The highest BCUT2D eigenvalue weighted by atomic mass is 16.5. The summed E-state index contributed by atoms with van der Waals surface area (Å²) in [6.45, 7) is 4.46. The minimum atomic E-state index is -0.698. The second kappa shape index (κ2) is 5.99. The summed E-state index contributed by atoms with van der Waals surface area (Å²) < 4.78 is 5.47. The zero-order valence-corrected chi connectivity index (χ0v) is 10.0. The van der Waals surface area contributed by atoms with Gasteiger partial charge in [-0.3, -0.25) is 0 Å². The van der Waals surface area contributed by atoms with Gasteiger partial charge in [-0.15, -0.1) is 0 Å². The molecule has 3 N–H and O–H groups in total. The molecule has 1 aromatic carbocycles. The van der Waals surface area contributed by atoms with Gasteiger partial charge >= 0.3 is 0 Å². The number of aliphatic hydroxyl groups is 1. The quantitative estimate of drug-likeness (QED) is 0.771. The van der Waals surface area contributed by atoms with E-state index in [0.29, 0.717) is 13.0 Å². The molecule has 1 atom stereocenters. The van der Waals surface area contributed by atoms with Gasteiger partial charge in [-0.05, 0) is 25.8 Å². The molecule has 90 valence electrons. The fraction of sp³-hybridized carbons (Fsp3) is 0.538. The third kappa shape index (κ3) is 3.59. The van der Waals surface area contributed by atoms with Gasteiger partial charge in [0.15, 0.2) is 0 Å². The van der Waals surface area contributed by atoms with E-state index >= 15 is 0 Å². The molecule has 0 spiro atoms. The van der Waals surface area contributed by atoms with Crippen molar-refractivity contribution in [3.05, 3.63) is 35.9 Å². The van der Waals surface area contributed by atoms with Gasteiger partial charge in [0.2, 0.25) is 0 Å². The Morgan fingerprint density at radius 3 is 2.44 bits per heavy atom. The Bertz CT molecular complexity index is 300. The SMILES string of the molecule is CC(C)OCCC(N)(CO)c1ccccc1. The molecule has 3 nitrogen and oxygen atoms in total. The maximum absolute atomic E-state index is 9.42. The second-order valence-electron chi connectivity index (χ2n) is 4.35. The molecule has 0 aliphatic rings. The minimum Gasteiger partial charge on any atom is -0.394 e. The first-order chi connectivity index (χ1) is 7.58. The molecular weight excluding hydrogens is 202 g/mol. The van der Waals surface area contributed by atoms with Gasteiger partial charge in [-0.1, -0.05) is 30.3 Å². The van der Waals surface area contributed by atoms with E-state index in [2.05, 4.69) is 0 Å².